The molecule has 7 heteroatoms. The molecule has 1 saturated carbocycles. The normalized spacial score (nSPS) is 24.0. The van der Waals surface area contributed by atoms with Gasteiger partial charge in [0, 0.05) is 21.4 Å². The lowest BCUT2D eigenvalue weighted by molar-refractivity contribution is -0.142. The van der Waals surface area contributed by atoms with Crippen LogP contribution < -0.4 is 0 Å². The van der Waals surface area contributed by atoms with Gasteiger partial charge >= 0.3 is 5.97 Å². The highest BCUT2D eigenvalue weighted by molar-refractivity contribution is 8.26. The van der Waals surface area contributed by atoms with E-state index in [0.717, 1.165) is 5.92 Å². The van der Waals surface area contributed by atoms with Gasteiger partial charge in [0.15, 0.2) is 0 Å². The van der Waals surface area contributed by atoms with Crippen LogP contribution in [0.1, 0.15) is 32.6 Å². The third-order valence-electron chi connectivity index (χ3n) is 2.71. The summed E-state index contributed by atoms with van der Waals surface area (Å²) in [7, 11) is 7.36. The molecule has 17 heavy (non-hydrogen) atoms. The summed E-state index contributed by atoms with van der Waals surface area (Å²) in [5, 5.41) is 8.36. The Bertz CT molecular complexity index is 238. The van der Waals surface area contributed by atoms with Crippen molar-refractivity contribution in [3.63, 3.8) is 0 Å². The van der Waals surface area contributed by atoms with Crippen LogP contribution in [0.2, 0.25) is 0 Å². The fourth-order valence-corrected chi connectivity index (χ4v) is 1.81. The molecule has 1 rings (SSSR count). The average molecular weight is 305 g/mol. The summed E-state index contributed by atoms with van der Waals surface area (Å²) in [4.78, 5) is 10.2. The molecule has 1 fully saturated rings. The van der Waals surface area contributed by atoms with Crippen molar-refractivity contribution in [2.75, 3.05) is 13.2 Å². The molecule has 0 bridgehead atoms. The number of carbonyl (C=O) groups is 1. The standard InChI is InChI=1S/C10H18O3.Cl2OS/c1-8-2-4-9(5-3-8)6-13-7-10(11)12;1-4(2)3/h8-9H,2-7H2,1H3,(H,11,12);. The van der Waals surface area contributed by atoms with Crippen molar-refractivity contribution in [3.05, 3.63) is 0 Å². The van der Waals surface area contributed by atoms with Gasteiger partial charge in [-0.25, -0.2) is 9.00 Å². The first-order valence-electron chi connectivity index (χ1n) is 5.45. The van der Waals surface area contributed by atoms with E-state index in [9.17, 15) is 4.79 Å². The Morgan fingerprint density at radius 3 is 2.24 bits per heavy atom. The van der Waals surface area contributed by atoms with Crippen LogP contribution in [0.4, 0.5) is 0 Å². The van der Waals surface area contributed by atoms with Crippen molar-refractivity contribution >= 4 is 36.6 Å². The number of carboxylic acid groups (broad SMARTS) is 1. The highest BCUT2D eigenvalue weighted by atomic mass is 36.0. The fourth-order valence-electron chi connectivity index (χ4n) is 1.81. The van der Waals surface area contributed by atoms with E-state index in [1.165, 1.54) is 25.7 Å². The predicted molar refractivity (Wildman–Crippen MR) is 69.4 cm³/mol. The lowest BCUT2D eigenvalue weighted by Gasteiger charge is -2.25. The first-order valence-corrected chi connectivity index (χ1v) is 8.25. The number of ether oxygens (including phenoxy) is 1. The smallest absolute Gasteiger partial charge is 0.329 e. The largest absolute Gasteiger partial charge is 0.480 e. The Labute approximate surface area is 113 Å². The summed E-state index contributed by atoms with van der Waals surface area (Å²) >= 11 is 0. The van der Waals surface area contributed by atoms with E-state index >= 15 is 0 Å². The van der Waals surface area contributed by atoms with Crippen molar-refractivity contribution in [2.24, 2.45) is 11.8 Å². The van der Waals surface area contributed by atoms with Gasteiger partial charge in [-0.1, -0.05) is 19.8 Å². The Morgan fingerprint density at radius 1 is 1.35 bits per heavy atom. The van der Waals surface area contributed by atoms with Crippen LogP contribution in [0.3, 0.4) is 0 Å². The van der Waals surface area contributed by atoms with E-state index in [2.05, 4.69) is 28.3 Å². The summed E-state index contributed by atoms with van der Waals surface area (Å²) in [6.45, 7) is 2.75. The average Bonchev–Trinajstić information content (AvgIpc) is 2.19. The summed E-state index contributed by atoms with van der Waals surface area (Å²) < 4.78 is 14.2. The minimum absolute atomic E-state index is 0.147. The second-order valence-electron chi connectivity index (χ2n) is 4.22. The van der Waals surface area contributed by atoms with E-state index < -0.39 is 15.2 Å². The minimum atomic E-state index is -1.67. The maximum atomic E-state index is 10.2. The highest BCUT2D eigenvalue weighted by Gasteiger charge is 2.18. The van der Waals surface area contributed by atoms with Crippen LogP contribution in [-0.4, -0.2) is 28.5 Å². The van der Waals surface area contributed by atoms with E-state index in [0.29, 0.717) is 12.5 Å². The molecule has 0 heterocycles. The Hall–Kier alpha value is 0.160. The van der Waals surface area contributed by atoms with Crippen LogP contribution in [0.15, 0.2) is 0 Å². The molecule has 102 valence electrons. The summed E-state index contributed by atoms with van der Waals surface area (Å²) in [5.41, 5.74) is 0. The summed E-state index contributed by atoms with van der Waals surface area (Å²) in [6.07, 6.45) is 4.92. The van der Waals surface area contributed by atoms with Gasteiger partial charge in [-0.2, -0.15) is 0 Å². The lowest BCUT2D eigenvalue weighted by Crippen LogP contribution is -2.19. The number of hydrogen-bond acceptors (Lipinski definition) is 3. The third-order valence-corrected chi connectivity index (χ3v) is 2.71. The van der Waals surface area contributed by atoms with Gasteiger partial charge in [0.25, 0.3) is 0 Å². The number of hydrogen-bond donors (Lipinski definition) is 1. The quantitative estimate of drug-likeness (QED) is 0.811. The number of carboxylic acids is 1. The molecule has 1 N–H and O–H groups in total. The minimum Gasteiger partial charge on any atom is -0.480 e. The van der Waals surface area contributed by atoms with Gasteiger partial charge in [0.1, 0.15) is 6.61 Å². The first-order chi connectivity index (χ1) is 7.91. The molecule has 1 aliphatic rings. The SMILES string of the molecule is CC1CCC(COCC(=O)O)CC1.O=S(Cl)Cl. The van der Waals surface area contributed by atoms with Gasteiger partial charge in [0.2, 0.25) is 9.23 Å². The molecular weight excluding hydrogens is 287 g/mol. The summed E-state index contributed by atoms with van der Waals surface area (Å²) in [5.74, 6) is 0.565. The van der Waals surface area contributed by atoms with Crippen LogP contribution in [0.5, 0.6) is 0 Å². The van der Waals surface area contributed by atoms with Gasteiger partial charge in [-0.3, -0.25) is 0 Å². The number of halogens is 2. The zero-order valence-corrected chi connectivity index (χ0v) is 12.1. The van der Waals surface area contributed by atoms with Crippen molar-refractivity contribution in [2.45, 2.75) is 32.6 Å². The molecule has 0 aliphatic heterocycles. The Balaban J connectivity index is 0.000000557. The van der Waals surface area contributed by atoms with Crippen LogP contribution >= 0.6 is 21.4 Å². The second-order valence-corrected chi connectivity index (χ2v) is 6.74. The monoisotopic (exact) mass is 304 g/mol. The maximum Gasteiger partial charge on any atom is 0.329 e. The maximum absolute atomic E-state index is 10.2. The molecule has 0 radical (unpaired) electrons. The molecular formula is C10H18Cl2O4S. The zero-order valence-electron chi connectivity index (χ0n) is 9.73. The zero-order chi connectivity index (χ0) is 13.3. The van der Waals surface area contributed by atoms with Crippen LogP contribution in [0.25, 0.3) is 0 Å². The lowest BCUT2D eigenvalue weighted by atomic mass is 9.83. The van der Waals surface area contributed by atoms with Gasteiger partial charge in [0.05, 0.1) is 6.61 Å². The molecule has 0 saturated heterocycles. The van der Waals surface area contributed by atoms with Gasteiger partial charge in [-0.05, 0) is 24.7 Å². The van der Waals surface area contributed by atoms with Gasteiger partial charge < -0.3 is 9.84 Å². The third kappa shape index (κ3) is 12.4. The van der Waals surface area contributed by atoms with Crippen LogP contribution in [0, 0.1) is 11.8 Å². The van der Waals surface area contributed by atoms with Crippen molar-refractivity contribution in [1.82, 2.24) is 0 Å². The molecule has 0 atom stereocenters. The molecule has 0 aromatic carbocycles. The van der Waals surface area contributed by atoms with Crippen LogP contribution in [-0.2, 0) is 18.8 Å². The summed E-state index contributed by atoms with van der Waals surface area (Å²) in [6, 6.07) is 0. The van der Waals surface area contributed by atoms with Crippen molar-refractivity contribution < 1.29 is 18.8 Å². The fraction of sp³-hybridized carbons (Fsp3) is 0.900. The van der Waals surface area contributed by atoms with E-state index in [4.69, 9.17) is 14.1 Å². The molecule has 0 amide bonds. The van der Waals surface area contributed by atoms with Crippen molar-refractivity contribution in [1.29, 1.82) is 0 Å². The number of aliphatic carboxylic acids is 1. The predicted octanol–water partition coefficient (Wildman–Crippen LogP) is 2.96. The van der Waals surface area contributed by atoms with E-state index in [-0.39, 0.29) is 6.61 Å². The van der Waals surface area contributed by atoms with E-state index in [1.807, 2.05) is 0 Å². The van der Waals surface area contributed by atoms with Crippen molar-refractivity contribution in [3.8, 4) is 0 Å². The Kier molecular flexibility index (Phi) is 10.2. The second kappa shape index (κ2) is 10.1. The molecule has 0 spiro atoms. The molecule has 1 aliphatic carbocycles. The molecule has 4 nitrogen and oxygen atoms in total. The van der Waals surface area contributed by atoms with E-state index in [1.54, 1.807) is 0 Å². The van der Waals surface area contributed by atoms with Gasteiger partial charge in [-0.15, -0.1) is 0 Å². The molecule has 0 aromatic rings. The molecule has 0 aromatic heterocycles. The Morgan fingerprint density at radius 2 is 1.82 bits per heavy atom. The highest BCUT2D eigenvalue weighted by Crippen LogP contribution is 2.28. The topological polar surface area (TPSA) is 63.6 Å². The number of rotatable bonds is 4. The molecule has 0 unspecified atom stereocenters. The first kappa shape index (κ1) is 17.2.